The third-order valence-corrected chi connectivity index (χ3v) is 6.26. The molecule has 1 saturated heterocycles. The molecule has 2 fully saturated rings. The molecule has 1 saturated carbocycles. The van der Waals surface area contributed by atoms with Gasteiger partial charge in [-0.15, -0.1) is 0 Å². The Morgan fingerprint density at radius 3 is 2.65 bits per heavy atom. The summed E-state index contributed by atoms with van der Waals surface area (Å²) in [6.45, 7) is 4.07. The predicted molar refractivity (Wildman–Crippen MR) is 89.5 cm³/mol. The summed E-state index contributed by atoms with van der Waals surface area (Å²) in [6, 6.07) is 0. The van der Waals surface area contributed by atoms with Crippen LogP contribution in [-0.2, 0) is 19.6 Å². The molecule has 0 spiro atoms. The SMILES string of the molecule is C[C@@H]1CCCC[C@H]1OCCNC(=O)[C@@H]1CCCN(S(C)(=O)=O)C1. The van der Waals surface area contributed by atoms with Crippen molar-refractivity contribution < 1.29 is 17.9 Å². The number of nitrogens with zero attached hydrogens (tertiary/aromatic N) is 1. The van der Waals surface area contributed by atoms with E-state index in [0.29, 0.717) is 38.3 Å². The first-order chi connectivity index (χ1) is 10.9. The number of amides is 1. The summed E-state index contributed by atoms with van der Waals surface area (Å²) in [7, 11) is -3.21. The van der Waals surface area contributed by atoms with Crippen LogP contribution in [0.5, 0.6) is 0 Å². The summed E-state index contributed by atoms with van der Waals surface area (Å²) in [5.41, 5.74) is 0. The molecule has 2 rings (SSSR count). The third-order valence-electron chi connectivity index (χ3n) is 4.99. The number of carbonyl (C=O) groups excluding carboxylic acids is 1. The fraction of sp³-hybridized carbons (Fsp3) is 0.938. The van der Waals surface area contributed by atoms with Gasteiger partial charge in [0.1, 0.15) is 0 Å². The number of ether oxygens (including phenoxy) is 1. The average Bonchev–Trinajstić information content (AvgIpc) is 2.52. The van der Waals surface area contributed by atoms with E-state index in [2.05, 4.69) is 12.2 Å². The van der Waals surface area contributed by atoms with Crippen LogP contribution >= 0.6 is 0 Å². The molecule has 6 nitrogen and oxygen atoms in total. The van der Waals surface area contributed by atoms with Crippen molar-refractivity contribution in [3.8, 4) is 0 Å². The van der Waals surface area contributed by atoms with Crippen LogP contribution < -0.4 is 5.32 Å². The Balaban J connectivity index is 1.68. The van der Waals surface area contributed by atoms with E-state index >= 15 is 0 Å². The highest BCUT2D eigenvalue weighted by Gasteiger charge is 2.30. The lowest BCUT2D eigenvalue weighted by Gasteiger charge is -2.30. The first kappa shape index (κ1) is 18.7. The number of rotatable bonds is 6. The molecular formula is C16H30N2O4S. The smallest absolute Gasteiger partial charge is 0.224 e. The summed E-state index contributed by atoms with van der Waals surface area (Å²) in [4.78, 5) is 12.2. The molecule has 23 heavy (non-hydrogen) atoms. The van der Waals surface area contributed by atoms with Crippen LogP contribution in [0.2, 0.25) is 0 Å². The van der Waals surface area contributed by atoms with Crippen LogP contribution in [0.15, 0.2) is 0 Å². The molecule has 0 radical (unpaired) electrons. The molecule has 1 aliphatic carbocycles. The fourth-order valence-corrected chi connectivity index (χ4v) is 4.43. The van der Waals surface area contributed by atoms with E-state index in [0.717, 1.165) is 19.3 Å². The summed E-state index contributed by atoms with van der Waals surface area (Å²) >= 11 is 0. The minimum atomic E-state index is -3.21. The Kier molecular flexibility index (Phi) is 6.85. The first-order valence-electron chi connectivity index (χ1n) is 8.72. The molecule has 0 aromatic heterocycles. The van der Waals surface area contributed by atoms with Gasteiger partial charge in [0.2, 0.25) is 15.9 Å². The zero-order valence-corrected chi connectivity index (χ0v) is 15.1. The highest BCUT2D eigenvalue weighted by atomic mass is 32.2. The maximum atomic E-state index is 12.2. The summed E-state index contributed by atoms with van der Waals surface area (Å²) in [6.07, 6.45) is 7.85. The molecule has 1 N–H and O–H groups in total. The lowest BCUT2D eigenvalue weighted by atomic mass is 9.88. The van der Waals surface area contributed by atoms with E-state index in [9.17, 15) is 13.2 Å². The Bertz CT molecular complexity index is 494. The van der Waals surface area contributed by atoms with E-state index in [1.807, 2.05) is 0 Å². The summed E-state index contributed by atoms with van der Waals surface area (Å²) in [5, 5.41) is 2.89. The minimum Gasteiger partial charge on any atom is -0.376 e. The highest BCUT2D eigenvalue weighted by molar-refractivity contribution is 7.88. The molecule has 0 aromatic carbocycles. The van der Waals surface area contributed by atoms with Gasteiger partial charge in [-0.05, 0) is 31.6 Å². The van der Waals surface area contributed by atoms with Crippen LogP contribution in [0.4, 0.5) is 0 Å². The number of piperidine rings is 1. The van der Waals surface area contributed by atoms with Crippen LogP contribution in [0.3, 0.4) is 0 Å². The normalized spacial score (nSPS) is 30.1. The summed E-state index contributed by atoms with van der Waals surface area (Å²) in [5.74, 6) is 0.298. The number of carbonyl (C=O) groups is 1. The monoisotopic (exact) mass is 346 g/mol. The van der Waals surface area contributed by atoms with Gasteiger partial charge in [0.05, 0.1) is 24.9 Å². The Morgan fingerprint density at radius 1 is 1.22 bits per heavy atom. The molecule has 7 heteroatoms. The van der Waals surface area contributed by atoms with Gasteiger partial charge in [-0.3, -0.25) is 4.79 Å². The first-order valence-corrected chi connectivity index (χ1v) is 10.6. The largest absolute Gasteiger partial charge is 0.376 e. The predicted octanol–water partition coefficient (Wildman–Crippen LogP) is 1.37. The van der Waals surface area contributed by atoms with Crippen molar-refractivity contribution in [1.82, 2.24) is 9.62 Å². The number of hydrogen-bond donors (Lipinski definition) is 1. The summed E-state index contributed by atoms with van der Waals surface area (Å²) < 4.78 is 30.5. The molecule has 1 amide bonds. The lowest BCUT2D eigenvalue weighted by molar-refractivity contribution is -0.126. The van der Waals surface area contributed by atoms with E-state index in [-0.39, 0.29) is 11.8 Å². The van der Waals surface area contributed by atoms with Gasteiger partial charge in [-0.1, -0.05) is 19.8 Å². The molecular weight excluding hydrogens is 316 g/mol. The van der Waals surface area contributed by atoms with Crippen molar-refractivity contribution in [2.24, 2.45) is 11.8 Å². The van der Waals surface area contributed by atoms with Crippen LogP contribution in [0.25, 0.3) is 0 Å². The highest BCUT2D eigenvalue weighted by Crippen LogP contribution is 2.26. The van der Waals surface area contributed by atoms with Crippen molar-refractivity contribution in [1.29, 1.82) is 0 Å². The Morgan fingerprint density at radius 2 is 1.96 bits per heavy atom. The molecule has 2 aliphatic rings. The standard InChI is InChI=1S/C16H30N2O4S/c1-13-6-3-4-8-15(13)22-11-9-17-16(19)14-7-5-10-18(12-14)23(2,20)21/h13-15H,3-12H2,1-2H3,(H,17,19)/t13-,14-,15-/m1/s1. The van der Waals surface area contributed by atoms with Crippen LogP contribution in [0, 0.1) is 11.8 Å². The third kappa shape index (κ3) is 5.72. The second-order valence-electron chi connectivity index (χ2n) is 6.92. The maximum absolute atomic E-state index is 12.2. The van der Waals surface area contributed by atoms with Crippen molar-refractivity contribution >= 4 is 15.9 Å². The molecule has 1 aliphatic heterocycles. The minimum absolute atomic E-state index is 0.0568. The number of nitrogens with one attached hydrogen (secondary N) is 1. The van der Waals surface area contributed by atoms with Gasteiger partial charge >= 0.3 is 0 Å². The number of hydrogen-bond acceptors (Lipinski definition) is 4. The molecule has 0 aromatic rings. The van der Waals surface area contributed by atoms with Gasteiger partial charge in [0, 0.05) is 19.6 Å². The zero-order chi connectivity index (χ0) is 16.9. The van der Waals surface area contributed by atoms with Gasteiger partial charge in [0.25, 0.3) is 0 Å². The van der Waals surface area contributed by atoms with Crippen molar-refractivity contribution in [3.05, 3.63) is 0 Å². The van der Waals surface area contributed by atoms with E-state index < -0.39 is 10.0 Å². The van der Waals surface area contributed by atoms with E-state index in [1.165, 1.54) is 29.8 Å². The molecule has 0 unspecified atom stereocenters. The molecule has 3 atom stereocenters. The van der Waals surface area contributed by atoms with Crippen molar-refractivity contribution in [2.45, 2.75) is 51.6 Å². The Labute approximate surface area is 140 Å². The topological polar surface area (TPSA) is 75.7 Å². The van der Waals surface area contributed by atoms with Gasteiger partial charge in [-0.2, -0.15) is 0 Å². The van der Waals surface area contributed by atoms with E-state index in [4.69, 9.17) is 4.74 Å². The lowest BCUT2D eigenvalue weighted by Crippen LogP contribution is -2.45. The van der Waals surface area contributed by atoms with Gasteiger partial charge in [-0.25, -0.2) is 12.7 Å². The van der Waals surface area contributed by atoms with E-state index in [1.54, 1.807) is 0 Å². The molecule has 134 valence electrons. The molecule has 1 heterocycles. The van der Waals surface area contributed by atoms with Crippen LogP contribution in [-0.4, -0.2) is 57.2 Å². The maximum Gasteiger partial charge on any atom is 0.224 e. The second-order valence-corrected chi connectivity index (χ2v) is 8.90. The molecule has 0 bridgehead atoms. The van der Waals surface area contributed by atoms with Crippen molar-refractivity contribution in [2.75, 3.05) is 32.5 Å². The van der Waals surface area contributed by atoms with Gasteiger partial charge in [0.15, 0.2) is 0 Å². The van der Waals surface area contributed by atoms with Crippen molar-refractivity contribution in [3.63, 3.8) is 0 Å². The quantitative estimate of drug-likeness (QED) is 0.737. The number of sulfonamides is 1. The zero-order valence-electron chi connectivity index (χ0n) is 14.3. The fourth-order valence-electron chi connectivity index (χ4n) is 3.52. The van der Waals surface area contributed by atoms with Gasteiger partial charge < -0.3 is 10.1 Å². The van der Waals surface area contributed by atoms with Crippen LogP contribution in [0.1, 0.15) is 45.4 Å². The average molecular weight is 346 g/mol. The Hall–Kier alpha value is -0.660. The second kappa shape index (κ2) is 8.44.